The molecule has 1 aromatic carbocycles. The molecule has 0 atom stereocenters. The molecule has 0 unspecified atom stereocenters. The van der Waals surface area contributed by atoms with Crippen LogP contribution in [0.25, 0.3) is 0 Å². The molecule has 0 radical (unpaired) electrons. The van der Waals surface area contributed by atoms with Crippen LogP contribution in [0.2, 0.25) is 0 Å². The first-order chi connectivity index (χ1) is 8.16. The SMILES string of the molecule is OB(O)c1ccc(CSc2nccs2)c(F)c1. The molecule has 1 heterocycles. The summed E-state index contributed by atoms with van der Waals surface area (Å²) in [6.45, 7) is 0. The Morgan fingerprint density at radius 3 is 2.82 bits per heavy atom. The highest BCUT2D eigenvalue weighted by atomic mass is 32.2. The van der Waals surface area contributed by atoms with Gasteiger partial charge in [0.1, 0.15) is 10.2 Å². The first-order valence-electron chi connectivity index (χ1n) is 4.83. The van der Waals surface area contributed by atoms with Gasteiger partial charge < -0.3 is 10.0 Å². The molecule has 3 nitrogen and oxygen atoms in total. The molecule has 0 saturated carbocycles. The largest absolute Gasteiger partial charge is 0.488 e. The van der Waals surface area contributed by atoms with Gasteiger partial charge in [0.15, 0.2) is 0 Å². The van der Waals surface area contributed by atoms with E-state index >= 15 is 0 Å². The smallest absolute Gasteiger partial charge is 0.423 e. The molecule has 0 amide bonds. The minimum atomic E-state index is -1.63. The van der Waals surface area contributed by atoms with Gasteiger partial charge in [0, 0.05) is 17.3 Å². The van der Waals surface area contributed by atoms with Crippen molar-refractivity contribution in [3.05, 3.63) is 41.2 Å². The quantitative estimate of drug-likeness (QED) is 0.648. The second-order valence-corrected chi connectivity index (χ2v) is 5.43. The summed E-state index contributed by atoms with van der Waals surface area (Å²) in [5.41, 5.74) is 0.681. The van der Waals surface area contributed by atoms with E-state index in [1.54, 1.807) is 12.3 Å². The Morgan fingerprint density at radius 2 is 2.24 bits per heavy atom. The van der Waals surface area contributed by atoms with Crippen LogP contribution >= 0.6 is 23.1 Å². The molecule has 0 saturated heterocycles. The van der Waals surface area contributed by atoms with Gasteiger partial charge in [-0.1, -0.05) is 23.9 Å². The lowest BCUT2D eigenvalue weighted by Gasteiger charge is -2.04. The van der Waals surface area contributed by atoms with E-state index in [0.29, 0.717) is 11.3 Å². The lowest BCUT2D eigenvalue weighted by Crippen LogP contribution is -2.30. The molecule has 0 fully saturated rings. The molecule has 0 aliphatic rings. The van der Waals surface area contributed by atoms with Crippen molar-refractivity contribution in [3.63, 3.8) is 0 Å². The lowest BCUT2D eigenvalue weighted by atomic mass is 9.80. The summed E-state index contributed by atoms with van der Waals surface area (Å²) in [6, 6.07) is 4.21. The van der Waals surface area contributed by atoms with Gasteiger partial charge in [0.2, 0.25) is 0 Å². The summed E-state index contributed by atoms with van der Waals surface area (Å²) < 4.78 is 14.5. The van der Waals surface area contributed by atoms with Crippen LogP contribution < -0.4 is 5.46 Å². The number of aromatic nitrogens is 1. The van der Waals surface area contributed by atoms with E-state index in [4.69, 9.17) is 10.0 Å². The third-order valence-corrected chi connectivity index (χ3v) is 4.15. The van der Waals surface area contributed by atoms with Gasteiger partial charge in [0.25, 0.3) is 0 Å². The van der Waals surface area contributed by atoms with Crippen LogP contribution in [0.5, 0.6) is 0 Å². The summed E-state index contributed by atoms with van der Waals surface area (Å²) in [7, 11) is -1.63. The number of thioether (sulfide) groups is 1. The Balaban J connectivity index is 2.06. The fourth-order valence-electron chi connectivity index (χ4n) is 1.26. The first-order valence-corrected chi connectivity index (χ1v) is 6.70. The zero-order valence-corrected chi connectivity index (χ0v) is 10.3. The Morgan fingerprint density at radius 1 is 1.41 bits per heavy atom. The number of halogens is 1. The van der Waals surface area contributed by atoms with Crippen LogP contribution in [-0.4, -0.2) is 22.2 Å². The van der Waals surface area contributed by atoms with Crippen LogP contribution in [0.3, 0.4) is 0 Å². The number of thiazole rings is 1. The second kappa shape index (κ2) is 5.64. The Hall–Kier alpha value is -0.885. The predicted molar refractivity (Wildman–Crippen MR) is 67.9 cm³/mol. The van der Waals surface area contributed by atoms with Crippen LogP contribution in [0.15, 0.2) is 34.1 Å². The summed E-state index contributed by atoms with van der Waals surface area (Å²) in [5, 5.41) is 19.7. The molecule has 2 rings (SSSR count). The van der Waals surface area contributed by atoms with Gasteiger partial charge in [-0.05, 0) is 17.1 Å². The molecule has 0 aliphatic carbocycles. The minimum absolute atomic E-state index is 0.158. The molecule has 17 heavy (non-hydrogen) atoms. The molecule has 2 N–H and O–H groups in total. The maximum Gasteiger partial charge on any atom is 0.488 e. The summed E-state index contributed by atoms with van der Waals surface area (Å²) in [6.07, 6.45) is 1.70. The van der Waals surface area contributed by atoms with E-state index in [1.807, 2.05) is 5.38 Å². The lowest BCUT2D eigenvalue weighted by molar-refractivity contribution is 0.425. The normalized spacial score (nSPS) is 10.5. The molecular weight excluding hydrogens is 260 g/mol. The van der Waals surface area contributed by atoms with Crippen molar-refractivity contribution in [3.8, 4) is 0 Å². The van der Waals surface area contributed by atoms with E-state index in [9.17, 15) is 4.39 Å². The highest BCUT2D eigenvalue weighted by Crippen LogP contribution is 2.25. The summed E-state index contributed by atoms with van der Waals surface area (Å²) in [4.78, 5) is 4.09. The molecule has 2 aromatic rings. The van der Waals surface area contributed by atoms with Crippen molar-refractivity contribution in [2.24, 2.45) is 0 Å². The molecule has 0 bridgehead atoms. The molecule has 0 spiro atoms. The predicted octanol–water partition coefficient (Wildman–Crippen LogP) is 1.25. The van der Waals surface area contributed by atoms with Gasteiger partial charge in [-0.3, -0.25) is 0 Å². The average Bonchev–Trinajstić information content (AvgIpc) is 2.80. The van der Waals surface area contributed by atoms with E-state index in [-0.39, 0.29) is 5.46 Å². The van der Waals surface area contributed by atoms with Crippen molar-refractivity contribution >= 4 is 35.7 Å². The molecule has 88 valence electrons. The molecule has 0 aliphatic heterocycles. The maximum atomic E-state index is 13.6. The van der Waals surface area contributed by atoms with Gasteiger partial charge >= 0.3 is 7.12 Å². The van der Waals surface area contributed by atoms with Crippen molar-refractivity contribution < 1.29 is 14.4 Å². The number of hydrogen-bond acceptors (Lipinski definition) is 5. The van der Waals surface area contributed by atoms with Gasteiger partial charge in [-0.15, -0.1) is 11.3 Å². The Bertz CT molecular complexity index is 493. The van der Waals surface area contributed by atoms with Gasteiger partial charge in [-0.2, -0.15) is 0 Å². The standard InChI is InChI=1S/C10H9BFNO2S2/c12-9-5-8(11(14)15)2-1-7(9)6-17-10-13-3-4-16-10/h1-5,14-15H,6H2. The van der Waals surface area contributed by atoms with Crippen LogP contribution in [0, 0.1) is 5.82 Å². The zero-order valence-electron chi connectivity index (χ0n) is 8.71. The summed E-state index contributed by atoms with van der Waals surface area (Å²) >= 11 is 2.96. The van der Waals surface area contributed by atoms with Crippen LogP contribution in [0.1, 0.15) is 5.56 Å². The zero-order chi connectivity index (χ0) is 12.3. The van der Waals surface area contributed by atoms with Crippen LogP contribution in [0.4, 0.5) is 4.39 Å². The fourth-order valence-corrected chi connectivity index (χ4v) is 2.89. The van der Waals surface area contributed by atoms with Crippen molar-refractivity contribution in [2.75, 3.05) is 0 Å². The highest BCUT2D eigenvalue weighted by molar-refractivity contribution is 8.00. The molecular formula is C10H9BFNO2S2. The third kappa shape index (κ3) is 3.29. The maximum absolute atomic E-state index is 13.6. The van der Waals surface area contributed by atoms with Gasteiger partial charge in [0.05, 0.1) is 0 Å². The van der Waals surface area contributed by atoms with Crippen LogP contribution in [-0.2, 0) is 5.75 Å². The Labute approximate surface area is 106 Å². The topological polar surface area (TPSA) is 53.4 Å². The average molecular weight is 269 g/mol. The number of benzene rings is 1. The van der Waals surface area contributed by atoms with Gasteiger partial charge in [-0.25, -0.2) is 9.37 Å². The third-order valence-electron chi connectivity index (χ3n) is 2.14. The minimum Gasteiger partial charge on any atom is -0.423 e. The number of rotatable bonds is 4. The Kier molecular flexibility index (Phi) is 4.17. The monoisotopic (exact) mass is 269 g/mol. The van der Waals surface area contributed by atoms with Crippen molar-refractivity contribution in [1.82, 2.24) is 4.98 Å². The highest BCUT2D eigenvalue weighted by Gasteiger charge is 2.13. The first kappa shape index (κ1) is 12.6. The van der Waals surface area contributed by atoms with Crippen molar-refractivity contribution in [1.29, 1.82) is 0 Å². The fraction of sp³-hybridized carbons (Fsp3) is 0.100. The number of hydrogen-bond donors (Lipinski definition) is 2. The molecule has 7 heteroatoms. The van der Waals surface area contributed by atoms with E-state index in [2.05, 4.69) is 4.98 Å². The number of nitrogens with zero attached hydrogens (tertiary/aromatic N) is 1. The van der Waals surface area contributed by atoms with E-state index in [0.717, 1.165) is 10.4 Å². The second-order valence-electron chi connectivity index (χ2n) is 3.31. The summed E-state index contributed by atoms with van der Waals surface area (Å²) in [5.74, 6) is 0.0425. The van der Waals surface area contributed by atoms with E-state index in [1.165, 1.54) is 29.2 Å². The van der Waals surface area contributed by atoms with E-state index < -0.39 is 12.9 Å². The molecule has 1 aromatic heterocycles. The van der Waals surface area contributed by atoms with Crippen molar-refractivity contribution in [2.45, 2.75) is 10.1 Å².